The van der Waals surface area contributed by atoms with Crippen LogP contribution in [-0.4, -0.2) is 63.6 Å². The Balaban J connectivity index is 0.000000623. The van der Waals surface area contributed by atoms with Crippen molar-refractivity contribution in [3.05, 3.63) is 143 Å². The van der Waals surface area contributed by atoms with E-state index in [1.165, 1.54) is 22.3 Å². The van der Waals surface area contributed by atoms with Crippen molar-refractivity contribution in [2.75, 3.05) is 28.4 Å². The molecule has 0 saturated heterocycles. The molecule has 0 spiro atoms. The number of rotatable bonds is 12. The first-order valence-corrected chi connectivity index (χ1v) is 26.4. The van der Waals surface area contributed by atoms with E-state index < -0.39 is 0 Å². The Bertz CT molecular complexity index is 1200. The summed E-state index contributed by atoms with van der Waals surface area (Å²) in [5.74, 6) is 3.90. The van der Waals surface area contributed by atoms with Crippen molar-refractivity contribution in [3.8, 4) is 23.0 Å². The molecule has 0 aromatic heterocycles. The molecule has 0 amide bonds. The summed E-state index contributed by atoms with van der Waals surface area (Å²) >= 11 is 0. The SMILES string of the molecule is COc1ccccc1[CH-][Si](C)C.COc1ccccc1[CH-][Si](C)C.COc1ccccc1[CH-][Si](C)C.COc1ccccc1[CH-][Si](C)C.[Zr+4]. The monoisotopic (exact) mass is 802 g/mol. The largest absolute Gasteiger partial charge is 4.00 e. The maximum atomic E-state index is 5.23. The van der Waals surface area contributed by atoms with Gasteiger partial charge >= 0.3 is 26.2 Å². The van der Waals surface area contributed by atoms with E-state index in [4.69, 9.17) is 18.9 Å². The van der Waals surface area contributed by atoms with Gasteiger partial charge in [0.05, 0.1) is 28.4 Å². The number of para-hydroxylation sites is 4. The van der Waals surface area contributed by atoms with Gasteiger partial charge in [-0.25, -0.2) is 0 Å². The van der Waals surface area contributed by atoms with Crippen LogP contribution in [0, 0.1) is 24.2 Å². The molecule has 4 rings (SSSR count). The average Bonchev–Trinajstić information content (AvgIpc) is 3.05. The molecule has 0 N–H and O–H groups in total. The summed E-state index contributed by atoms with van der Waals surface area (Å²) in [6.07, 6.45) is 0. The summed E-state index contributed by atoms with van der Waals surface area (Å²) in [6, 6.07) is 41.7. The van der Waals surface area contributed by atoms with Gasteiger partial charge in [-0.05, 0) is 35.2 Å². The first-order valence-electron chi connectivity index (χ1n) is 16.1. The van der Waals surface area contributed by atoms with Gasteiger partial charge in [-0.1, -0.05) is 101 Å². The van der Waals surface area contributed by atoms with Crippen molar-refractivity contribution in [3.63, 3.8) is 0 Å². The van der Waals surface area contributed by atoms with E-state index in [2.05, 4.69) is 101 Å². The summed E-state index contributed by atoms with van der Waals surface area (Å²) in [5, 5.41) is 0. The summed E-state index contributed by atoms with van der Waals surface area (Å²) in [4.78, 5) is 0. The van der Waals surface area contributed by atoms with Gasteiger partial charge in [0.1, 0.15) is 0 Å². The van der Waals surface area contributed by atoms with Gasteiger partial charge in [0, 0.05) is 23.0 Å². The van der Waals surface area contributed by atoms with Crippen molar-refractivity contribution in [1.82, 2.24) is 0 Å². The van der Waals surface area contributed by atoms with E-state index in [0.29, 0.717) is 0 Å². The van der Waals surface area contributed by atoms with Gasteiger partial charge in [0.25, 0.3) is 0 Å². The molecule has 0 atom stereocenters. The first kappa shape index (κ1) is 46.3. The average molecular weight is 804 g/mol. The molecule has 260 valence electrons. The topological polar surface area (TPSA) is 36.9 Å². The summed E-state index contributed by atoms with van der Waals surface area (Å²) in [7, 11) is 5.56. The molecule has 4 nitrogen and oxygen atoms in total. The molecular weight excluding hydrogens is 748 g/mol. The van der Waals surface area contributed by atoms with Crippen molar-refractivity contribution in [1.29, 1.82) is 0 Å². The molecule has 0 heterocycles. The summed E-state index contributed by atoms with van der Waals surface area (Å²) in [5.41, 5.74) is 4.88. The van der Waals surface area contributed by atoms with Crippen LogP contribution in [0.5, 0.6) is 23.0 Å². The molecule has 9 heteroatoms. The van der Waals surface area contributed by atoms with Gasteiger partial charge in [-0.15, -0.1) is 24.3 Å². The van der Waals surface area contributed by atoms with Gasteiger partial charge in [-0.3, -0.25) is 0 Å². The van der Waals surface area contributed by atoms with E-state index in [-0.39, 0.29) is 61.4 Å². The van der Waals surface area contributed by atoms with Crippen molar-refractivity contribution in [2.45, 2.75) is 52.4 Å². The minimum Gasteiger partial charge on any atom is -0.554 e. The first-order chi connectivity index (χ1) is 22.9. The Morgan fingerprint density at radius 1 is 0.327 bits per heavy atom. The second-order valence-corrected chi connectivity index (χ2v) is 21.6. The van der Waals surface area contributed by atoms with Crippen LogP contribution in [-0.2, 0) is 26.2 Å². The van der Waals surface area contributed by atoms with Crippen LogP contribution in [0.25, 0.3) is 0 Å². The third-order valence-electron chi connectivity index (χ3n) is 6.33. The zero-order chi connectivity index (χ0) is 35.9. The van der Waals surface area contributed by atoms with Crippen LogP contribution in [0.1, 0.15) is 22.3 Å². The zero-order valence-corrected chi connectivity index (χ0v) is 38.1. The van der Waals surface area contributed by atoms with Crippen molar-refractivity contribution < 1.29 is 45.2 Å². The van der Waals surface area contributed by atoms with Crippen LogP contribution in [0.4, 0.5) is 0 Å². The molecular formula is C40H56O4Si4Zr. The standard InChI is InChI=1S/4C10H14OSi.Zr/c4*1-11-10-7-5-4-6-9(10)8-12(2)3;/h4*4-8H,1-3H3;/q4*-1;+4. The number of hydrogen-bond donors (Lipinski definition) is 0. The van der Waals surface area contributed by atoms with Gasteiger partial charge in [-0.2, -0.15) is 70.7 Å². The second-order valence-electron chi connectivity index (χ2n) is 11.9. The Hall–Kier alpha value is -2.69. The minimum atomic E-state index is -0.324. The maximum absolute atomic E-state index is 5.23. The predicted molar refractivity (Wildman–Crippen MR) is 216 cm³/mol. The minimum absolute atomic E-state index is 0. The van der Waals surface area contributed by atoms with Crippen molar-refractivity contribution >= 4 is 35.2 Å². The fraction of sp³-hybridized carbons (Fsp3) is 0.300. The van der Waals surface area contributed by atoms with E-state index in [1.54, 1.807) is 28.4 Å². The number of methoxy groups -OCH3 is 4. The predicted octanol–water partition coefficient (Wildman–Crippen LogP) is 10.2. The molecule has 4 aromatic rings. The molecule has 0 aliphatic carbocycles. The van der Waals surface area contributed by atoms with E-state index in [9.17, 15) is 0 Å². The maximum Gasteiger partial charge on any atom is 4.00 e. The number of hydrogen-bond acceptors (Lipinski definition) is 4. The quantitative estimate of drug-likeness (QED) is 0.106. The molecule has 0 saturated carbocycles. The fourth-order valence-electron chi connectivity index (χ4n) is 4.39. The summed E-state index contributed by atoms with van der Waals surface area (Å²) in [6.45, 7) is 18.1. The van der Waals surface area contributed by atoms with Crippen LogP contribution in [0.3, 0.4) is 0 Å². The van der Waals surface area contributed by atoms with Crippen LogP contribution < -0.4 is 18.9 Å². The zero-order valence-electron chi connectivity index (χ0n) is 31.7. The smallest absolute Gasteiger partial charge is 0.554 e. The van der Waals surface area contributed by atoms with E-state index >= 15 is 0 Å². The van der Waals surface area contributed by atoms with Gasteiger partial charge < -0.3 is 18.9 Å². The summed E-state index contributed by atoms with van der Waals surface area (Å²) < 4.78 is 20.9. The molecule has 0 fully saturated rings. The normalized spacial score (nSPS) is 9.80. The molecule has 0 aliphatic rings. The molecule has 0 bridgehead atoms. The van der Waals surface area contributed by atoms with Crippen LogP contribution >= 0.6 is 0 Å². The van der Waals surface area contributed by atoms with E-state index in [0.717, 1.165) is 23.0 Å². The Morgan fingerprint density at radius 2 is 0.490 bits per heavy atom. The molecule has 4 aromatic carbocycles. The molecule has 4 radical (unpaired) electrons. The van der Waals surface area contributed by atoms with Gasteiger partial charge in [0.15, 0.2) is 0 Å². The van der Waals surface area contributed by atoms with Crippen molar-refractivity contribution in [2.24, 2.45) is 0 Å². The fourth-order valence-corrected chi connectivity index (χ4v) is 7.83. The second kappa shape index (κ2) is 27.1. The van der Waals surface area contributed by atoms with Crippen LogP contribution in [0.2, 0.25) is 52.4 Å². The molecule has 0 aliphatic heterocycles. The Labute approximate surface area is 325 Å². The Kier molecular flexibility index (Phi) is 25.6. The number of benzene rings is 4. The third-order valence-corrected chi connectivity index (χ3v) is 9.89. The van der Waals surface area contributed by atoms with Crippen LogP contribution in [0.15, 0.2) is 97.1 Å². The molecule has 0 unspecified atom stereocenters. The third kappa shape index (κ3) is 19.9. The van der Waals surface area contributed by atoms with Gasteiger partial charge in [0.2, 0.25) is 0 Å². The van der Waals surface area contributed by atoms with E-state index in [1.807, 2.05) is 72.8 Å². The Morgan fingerprint density at radius 3 is 0.633 bits per heavy atom. The molecule has 49 heavy (non-hydrogen) atoms. The number of ether oxygens (including phenoxy) is 4.